The van der Waals surface area contributed by atoms with Gasteiger partial charge in [-0.1, -0.05) is 12.1 Å². The summed E-state index contributed by atoms with van der Waals surface area (Å²) in [7, 11) is -3.79. The maximum Gasteiger partial charge on any atom is 0.244 e. The number of para-hydroxylation sites is 1. The van der Waals surface area contributed by atoms with Crippen molar-refractivity contribution < 1.29 is 27.4 Å². The number of benzene rings is 1. The number of sulfonamides is 1. The zero-order chi connectivity index (χ0) is 20.1. The van der Waals surface area contributed by atoms with Crippen molar-refractivity contribution in [2.45, 2.75) is 30.1 Å². The van der Waals surface area contributed by atoms with E-state index < -0.39 is 16.1 Å². The number of carbonyl (C=O) groups excluding carboxylic acids is 1. The summed E-state index contributed by atoms with van der Waals surface area (Å²) in [5, 5.41) is 0. The highest BCUT2D eigenvalue weighted by Crippen LogP contribution is 2.25. The maximum atomic E-state index is 12.8. The molecule has 8 nitrogen and oxygen atoms in total. The van der Waals surface area contributed by atoms with E-state index in [9.17, 15) is 13.2 Å². The molecule has 10 heteroatoms. The summed E-state index contributed by atoms with van der Waals surface area (Å²) in [5.74, 6) is 0.812. The van der Waals surface area contributed by atoms with Gasteiger partial charge in [0.15, 0.2) is 0 Å². The van der Waals surface area contributed by atoms with Crippen LogP contribution < -0.4 is 9.46 Å². The van der Waals surface area contributed by atoms with E-state index in [2.05, 4.69) is 4.72 Å². The zero-order valence-corrected chi connectivity index (χ0v) is 17.6. The third-order valence-electron chi connectivity index (χ3n) is 4.62. The average molecular weight is 431 g/mol. The first-order valence-corrected chi connectivity index (χ1v) is 12.1. The summed E-state index contributed by atoms with van der Waals surface area (Å²) in [4.78, 5) is 13.9. The third kappa shape index (κ3) is 4.98. The largest absolute Gasteiger partial charge is 0.492 e. The molecule has 3 rings (SSSR count). The molecule has 0 aliphatic carbocycles. The molecule has 2 saturated heterocycles. The second-order valence-electron chi connectivity index (χ2n) is 6.67. The van der Waals surface area contributed by atoms with E-state index in [1.54, 1.807) is 30.0 Å². The van der Waals surface area contributed by atoms with Gasteiger partial charge in [0.05, 0.1) is 31.6 Å². The van der Waals surface area contributed by atoms with Crippen LogP contribution in [0.1, 0.15) is 6.92 Å². The summed E-state index contributed by atoms with van der Waals surface area (Å²) in [6, 6.07) is 6.01. The van der Waals surface area contributed by atoms with Crippen LogP contribution in [0.4, 0.5) is 0 Å². The van der Waals surface area contributed by atoms with Gasteiger partial charge in [-0.25, -0.2) is 13.1 Å². The van der Waals surface area contributed by atoms with Gasteiger partial charge in [-0.05, 0) is 25.3 Å². The highest BCUT2D eigenvalue weighted by molar-refractivity contribution is 7.99. The molecule has 156 valence electrons. The quantitative estimate of drug-likeness (QED) is 0.681. The number of amides is 1. The van der Waals surface area contributed by atoms with Gasteiger partial charge in [0.25, 0.3) is 0 Å². The van der Waals surface area contributed by atoms with E-state index >= 15 is 0 Å². The first kappa shape index (κ1) is 21.4. The van der Waals surface area contributed by atoms with E-state index in [1.165, 1.54) is 17.8 Å². The Labute approximate surface area is 169 Å². The van der Waals surface area contributed by atoms with Gasteiger partial charge in [-0.3, -0.25) is 4.79 Å². The normalized spacial score (nSPS) is 23.3. The Morgan fingerprint density at radius 1 is 1.25 bits per heavy atom. The van der Waals surface area contributed by atoms with Gasteiger partial charge in [-0.2, -0.15) is 11.8 Å². The number of hydrogen-bond donors (Lipinski definition) is 1. The number of carbonyl (C=O) groups is 1. The van der Waals surface area contributed by atoms with Crippen LogP contribution in [0.5, 0.6) is 5.75 Å². The zero-order valence-electron chi connectivity index (χ0n) is 16.0. The number of rotatable bonds is 7. The summed E-state index contributed by atoms with van der Waals surface area (Å²) < 4.78 is 45.5. The number of fused-ring (bicyclic) bond motifs is 1. The number of thioether (sulfide) groups is 1. The predicted octanol–water partition coefficient (Wildman–Crippen LogP) is 0.721. The number of hydrogen-bond acceptors (Lipinski definition) is 7. The smallest absolute Gasteiger partial charge is 0.244 e. The van der Waals surface area contributed by atoms with Crippen LogP contribution in [-0.4, -0.2) is 82.4 Å². The van der Waals surface area contributed by atoms with Crippen molar-refractivity contribution >= 4 is 27.7 Å². The van der Waals surface area contributed by atoms with E-state index in [0.29, 0.717) is 31.2 Å². The number of likely N-dealkylation sites (tertiary alicyclic amines) is 1. The third-order valence-corrected chi connectivity index (χ3v) is 6.71. The van der Waals surface area contributed by atoms with Crippen molar-refractivity contribution in [2.75, 3.05) is 44.9 Å². The second kappa shape index (κ2) is 9.45. The van der Waals surface area contributed by atoms with Gasteiger partial charge in [0.2, 0.25) is 15.9 Å². The molecule has 0 radical (unpaired) electrons. The van der Waals surface area contributed by atoms with Crippen LogP contribution >= 0.6 is 11.8 Å². The van der Waals surface area contributed by atoms with E-state index in [-0.39, 0.29) is 36.2 Å². The summed E-state index contributed by atoms with van der Waals surface area (Å²) in [6.45, 7) is 3.48. The van der Waals surface area contributed by atoms with Crippen molar-refractivity contribution in [1.29, 1.82) is 0 Å². The Balaban J connectivity index is 1.62. The molecule has 0 bridgehead atoms. The highest BCUT2D eigenvalue weighted by Gasteiger charge is 2.39. The summed E-state index contributed by atoms with van der Waals surface area (Å²) in [6.07, 6.45) is 1.41. The Kier molecular flexibility index (Phi) is 7.21. The molecular weight excluding hydrogens is 404 g/mol. The Bertz CT molecular complexity index is 772. The summed E-state index contributed by atoms with van der Waals surface area (Å²) in [5.41, 5.74) is 0. The minimum Gasteiger partial charge on any atom is -0.492 e. The fraction of sp³-hybridized carbons (Fsp3) is 0.611. The molecule has 1 N–H and O–H groups in total. The minimum atomic E-state index is -3.79. The highest BCUT2D eigenvalue weighted by atomic mass is 32.2. The lowest BCUT2D eigenvalue weighted by Gasteiger charge is -2.20. The van der Waals surface area contributed by atoms with E-state index in [0.717, 1.165) is 0 Å². The molecule has 1 aromatic carbocycles. The molecule has 2 aliphatic rings. The van der Waals surface area contributed by atoms with Crippen molar-refractivity contribution in [3.05, 3.63) is 24.3 Å². The molecule has 1 amide bonds. The molecule has 2 aliphatic heterocycles. The first-order chi connectivity index (χ1) is 13.4. The molecule has 0 spiro atoms. The van der Waals surface area contributed by atoms with Gasteiger partial charge >= 0.3 is 0 Å². The first-order valence-electron chi connectivity index (χ1n) is 9.18. The molecule has 2 atom stereocenters. The number of nitrogens with zero attached hydrogens (tertiary/aromatic N) is 1. The number of ether oxygens (including phenoxy) is 3. The van der Waals surface area contributed by atoms with E-state index in [1.807, 2.05) is 6.26 Å². The van der Waals surface area contributed by atoms with Crippen LogP contribution in [0.15, 0.2) is 29.2 Å². The lowest BCUT2D eigenvalue weighted by Crippen LogP contribution is -2.41. The van der Waals surface area contributed by atoms with Crippen LogP contribution in [0.3, 0.4) is 0 Å². The van der Waals surface area contributed by atoms with Crippen molar-refractivity contribution in [2.24, 2.45) is 0 Å². The Morgan fingerprint density at radius 3 is 2.50 bits per heavy atom. The van der Waals surface area contributed by atoms with Crippen LogP contribution in [0.2, 0.25) is 0 Å². The van der Waals surface area contributed by atoms with Crippen molar-refractivity contribution in [3.63, 3.8) is 0 Å². The molecule has 28 heavy (non-hydrogen) atoms. The lowest BCUT2D eigenvalue weighted by molar-refractivity contribution is -0.128. The molecule has 0 saturated carbocycles. The second-order valence-corrected chi connectivity index (χ2v) is 9.22. The van der Waals surface area contributed by atoms with Crippen LogP contribution in [0.25, 0.3) is 0 Å². The number of nitrogens with one attached hydrogen (secondary N) is 1. The van der Waals surface area contributed by atoms with Gasteiger partial charge < -0.3 is 19.1 Å². The Hall–Kier alpha value is -1.33. The Morgan fingerprint density at radius 2 is 1.89 bits per heavy atom. The maximum absolute atomic E-state index is 12.8. The van der Waals surface area contributed by atoms with Gasteiger partial charge in [0, 0.05) is 13.1 Å². The van der Waals surface area contributed by atoms with Crippen LogP contribution in [0, 0.1) is 0 Å². The van der Waals surface area contributed by atoms with Crippen molar-refractivity contribution in [3.8, 4) is 5.75 Å². The molecule has 2 heterocycles. The minimum absolute atomic E-state index is 0.0672. The standard InChI is InChI=1S/C18H26N2O6S2/c1-3-24-14-6-4-5-7-17(14)28(22,23)19-13-10-25-15-8-20(18(21)12-27-2)9-16(15)26-11-13/h4-7,13,15-16,19H,3,8-12H2,1-2H3/t15-,16-/m0/s1. The van der Waals surface area contributed by atoms with Gasteiger partial charge in [0.1, 0.15) is 22.9 Å². The van der Waals surface area contributed by atoms with Crippen molar-refractivity contribution in [1.82, 2.24) is 9.62 Å². The molecular formula is C18H26N2O6S2. The van der Waals surface area contributed by atoms with Crippen LogP contribution in [-0.2, 0) is 24.3 Å². The molecule has 1 aromatic rings. The average Bonchev–Trinajstić information content (AvgIpc) is 2.99. The lowest BCUT2D eigenvalue weighted by atomic mass is 10.3. The fourth-order valence-electron chi connectivity index (χ4n) is 3.31. The summed E-state index contributed by atoms with van der Waals surface area (Å²) >= 11 is 1.48. The fourth-order valence-corrected chi connectivity index (χ4v) is 5.09. The van der Waals surface area contributed by atoms with E-state index in [4.69, 9.17) is 14.2 Å². The molecule has 0 unspecified atom stereocenters. The molecule has 0 aromatic heterocycles. The predicted molar refractivity (Wildman–Crippen MR) is 106 cm³/mol. The topological polar surface area (TPSA) is 94.2 Å². The SMILES string of the molecule is CCOc1ccccc1S(=O)(=O)NC1CO[C@H]2CN(C(=O)CSC)C[C@@H]2OC1. The van der Waals surface area contributed by atoms with Gasteiger partial charge in [-0.15, -0.1) is 0 Å². The monoisotopic (exact) mass is 430 g/mol. The molecule has 2 fully saturated rings.